The minimum Gasteiger partial charge on any atom is -0.390 e. The number of oxime groups is 1. The molecule has 0 saturated heterocycles. The Hall–Kier alpha value is -1.15. The zero-order valence-electron chi connectivity index (χ0n) is 5.87. The third-order valence-corrected chi connectivity index (χ3v) is 1.43. The summed E-state index contributed by atoms with van der Waals surface area (Å²) >= 11 is 0. The monoisotopic (exact) mass is 140 g/mol. The van der Waals surface area contributed by atoms with Crippen molar-refractivity contribution in [2.75, 3.05) is 0 Å². The number of hydrogen-bond donors (Lipinski definition) is 0. The van der Waals surface area contributed by atoms with Crippen molar-refractivity contribution >= 4 is 11.8 Å². The molecule has 0 aromatic heterocycles. The zero-order chi connectivity index (χ0) is 7.56. The lowest BCUT2D eigenvalue weighted by molar-refractivity contribution is 0.0917. The number of hydrogen-bond acceptors (Lipinski definition) is 4. The highest BCUT2D eigenvalue weighted by Crippen LogP contribution is 2.12. The smallest absolute Gasteiger partial charge is 0.235 e. The molecule has 0 radical (unpaired) electrons. The second kappa shape index (κ2) is 2.62. The third kappa shape index (κ3) is 1.06. The van der Waals surface area contributed by atoms with Crippen molar-refractivity contribution in [3.63, 3.8) is 0 Å². The van der Waals surface area contributed by atoms with Crippen LogP contribution in [0.15, 0.2) is 10.1 Å². The molecular weight excluding hydrogens is 132 g/mol. The number of aliphatic imine (C=N–C) groups is 1. The summed E-state index contributed by atoms with van der Waals surface area (Å²) in [5.41, 5.74) is 0.732. The molecule has 0 aromatic carbocycles. The van der Waals surface area contributed by atoms with Gasteiger partial charge in [-0.15, -0.1) is 0 Å². The van der Waals surface area contributed by atoms with Crippen molar-refractivity contribution in [2.24, 2.45) is 10.1 Å². The topological polar surface area (TPSA) is 51.0 Å². The molecule has 1 rings (SSSR count). The fourth-order valence-corrected chi connectivity index (χ4v) is 0.873. The molecule has 0 amide bonds. The van der Waals surface area contributed by atoms with Crippen LogP contribution in [0.2, 0.25) is 0 Å². The molecule has 0 bridgehead atoms. The van der Waals surface area contributed by atoms with Crippen molar-refractivity contribution in [1.29, 1.82) is 0 Å². The highest BCUT2D eigenvalue weighted by atomic mass is 16.6. The number of isocyanates is 1. The van der Waals surface area contributed by atoms with Gasteiger partial charge >= 0.3 is 0 Å². The highest BCUT2D eigenvalue weighted by Gasteiger charge is 2.26. The Morgan fingerprint density at radius 3 is 2.90 bits per heavy atom. The van der Waals surface area contributed by atoms with Crippen LogP contribution in [0.5, 0.6) is 0 Å². The largest absolute Gasteiger partial charge is 0.390 e. The van der Waals surface area contributed by atoms with Gasteiger partial charge in [-0.1, -0.05) is 5.16 Å². The van der Waals surface area contributed by atoms with Crippen LogP contribution in [0, 0.1) is 0 Å². The lowest BCUT2D eigenvalue weighted by Gasteiger charge is -2.04. The molecule has 0 aromatic rings. The van der Waals surface area contributed by atoms with Gasteiger partial charge in [0.1, 0.15) is 6.04 Å². The second-order valence-electron chi connectivity index (χ2n) is 2.21. The van der Waals surface area contributed by atoms with Crippen LogP contribution in [0.3, 0.4) is 0 Å². The van der Waals surface area contributed by atoms with Crippen molar-refractivity contribution in [3.05, 3.63) is 0 Å². The SMILES string of the molecule is CC1=NOC(C)C1N=C=O. The Morgan fingerprint density at radius 1 is 1.80 bits per heavy atom. The summed E-state index contributed by atoms with van der Waals surface area (Å²) in [6, 6.07) is -0.225. The van der Waals surface area contributed by atoms with Crippen molar-refractivity contribution in [3.8, 4) is 0 Å². The van der Waals surface area contributed by atoms with Crippen molar-refractivity contribution < 1.29 is 9.63 Å². The molecule has 0 spiro atoms. The Morgan fingerprint density at radius 2 is 2.50 bits per heavy atom. The van der Waals surface area contributed by atoms with Gasteiger partial charge in [-0.2, -0.15) is 4.99 Å². The van der Waals surface area contributed by atoms with Gasteiger partial charge in [-0.25, -0.2) is 4.79 Å². The second-order valence-corrected chi connectivity index (χ2v) is 2.21. The van der Waals surface area contributed by atoms with E-state index in [2.05, 4.69) is 10.1 Å². The van der Waals surface area contributed by atoms with E-state index in [-0.39, 0.29) is 12.1 Å². The molecule has 4 heteroatoms. The Kier molecular flexibility index (Phi) is 1.83. The fourth-order valence-electron chi connectivity index (χ4n) is 0.873. The number of rotatable bonds is 1. The average Bonchev–Trinajstić information content (AvgIpc) is 2.20. The van der Waals surface area contributed by atoms with Gasteiger partial charge in [0.05, 0.1) is 5.71 Å². The molecule has 4 nitrogen and oxygen atoms in total. The van der Waals surface area contributed by atoms with E-state index in [0.29, 0.717) is 0 Å². The van der Waals surface area contributed by atoms with E-state index >= 15 is 0 Å². The minimum absolute atomic E-state index is 0.124. The van der Waals surface area contributed by atoms with E-state index in [1.165, 1.54) is 6.08 Å². The van der Waals surface area contributed by atoms with Crippen LogP contribution in [-0.2, 0) is 9.63 Å². The van der Waals surface area contributed by atoms with Gasteiger partial charge in [0, 0.05) is 0 Å². The van der Waals surface area contributed by atoms with E-state index < -0.39 is 0 Å². The van der Waals surface area contributed by atoms with Crippen molar-refractivity contribution in [2.45, 2.75) is 26.0 Å². The Labute approximate surface area is 58.6 Å². The van der Waals surface area contributed by atoms with Crippen LogP contribution < -0.4 is 0 Å². The molecule has 0 N–H and O–H groups in total. The first-order valence-electron chi connectivity index (χ1n) is 3.03. The quantitative estimate of drug-likeness (QED) is 0.393. The van der Waals surface area contributed by atoms with E-state index in [4.69, 9.17) is 4.84 Å². The summed E-state index contributed by atoms with van der Waals surface area (Å²) in [6.45, 7) is 3.58. The molecule has 10 heavy (non-hydrogen) atoms. The maximum Gasteiger partial charge on any atom is 0.235 e. The van der Waals surface area contributed by atoms with Gasteiger partial charge < -0.3 is 4.84 Å². The molecule has 1 aliphatic rings. The van der Waals surface area contributed by atoms with E-state index in [1.807, 2.05) is 6.92 Å². The highest BCUT2D eigenvalue weighted by molar-refractivity contribution is 5.89. The molecule has 1 heterocycles. The first kappa shape index (κ1) is 6.96. The molecule has 0 saturated carbocycles. The maximum absolute atomic E-state index is 9.85. The first-order chi connectivity index (χ1) is 4.75. The van der Waals surface area contributed by atoms with Gasteiger partial charge in [-0.3, -0.25) is 0 Å². The zero-order valence-corrected chi connectivity index (χ0v) is 5.87. The summed E-state index contributed by atoms with van der Waals surface area (Å²) < 4.78 is 0. The molecule has 1 aliphatic heterocycles. The van der Waals surface area contributed by atoms with Gasteiger partial charge in [-0.05, 0) is 13.8 Å². The average molecular weight is 140 g/mol. The lowest BCUT2D eigenvalue weighted by Crippen LogP contribution is -2.22. The van der Waals surface area contributed by atoms with E-state index in [9.17, 15) is 4.79 Å². The molecule has 0 fully saturated rings. The number of nitrogens with zero attached hydrogens (tertiary/aromatic N) is 2. The summed E-state index contributed by atoms with van der Waals surface area (Å²) in [4.78, 5) is 18.2. The lowest BCUT2D eigenvalue weighted by atomic mass is 10.1. The first-order valence-corrected chi connectivity index (χ1v) is 3.03. The van der Waals surface area contributed by atoms with Crippen LogP contribution in [0.1, 0.15) is 13.8 Å². The van der Waals surface area contributed by atoms with Crippen LogP contribution in [0.25, 0.3) is 0 Å². The third-order valence-electron chi connectivity index (χ3n) is 1.43. The number of carbonyl (C=O) groups excluding carboxylic acids is 1. The summed E-state index contributed by atoms with van der Waals surface area (Å²) in [7, 11) is 0. The predicted molar refractivity (Wildman–Crippen MR) is 35.6 cm³/mol. The summed E-state index contributed by atoms with van der Waals surface area (Å²) in [5.74, 6) is 0. The summed E-state index contributed by atoms with van der Waals surface area (Å²) in [6.07, 6.45) is 1.36. The van der Waals surface area contributed by atoms with Gasteiger partial charge in [0.25, 0.3) is 0 Å². The minimum atomic E-state index is -0.225. The van der Waals surface area contributed by atoms with Gasteiger partial charge in [0.15, 0.2) is 6.10 Å². The molecule has 54 valence electrons. The Balaban J connectivity index is 2.73. The van der Waals surface area contributed by atoms with Crippen LogP contribution >= 0.6 is 0 Å². The van der Waals surface area contributed by atoms with E-state index in [1.54, 1.807) is 6.92 Å². The van der Waals surface area contributed by atoms with E-state index in [0.717, 1.165) is 5.71 Å². The standard InChI is InChI=1S/C6H8N2O2/c1-4-6(7-3-9)5(2)10-8-4/h5-6H,1-2H3. The van der Waals surface area contributed by atoms with Crippen LogP contribution in [0.4, 0.5) is 0 Å². The van der Waals surface area contributed by atoms with Crippen molar-refractivity contribution in [1.82, 2.24) is 0 Å². The maximum atomic E-state index is 9.85. The molecule has 0 aliphatic carbocycles. The molecule has 2 atom stereocenters. The molecular formula is C6H8N2O2. The summed E-state index contributed by atoms with van der Waals surface area (Å²) in [5, 5.41) is 3.66. The fraction of sp³-hybridized carbons (Fsp3) is 0.667. The van der Waals surface area contributed by atoms with Gasteiger partial charge in [0.2, 0.25) is 6.08 Å². The van der Waals surface area contributed by atoms with Crippen LogP contribution in [-0.4, -0.2) is 23.9 Å². The normalized spacial score (nSPS) is 30.4. The Bertz CT molecular complexity index is 206. The predicted octanol–water partition coefficient (Wildman–Crippen LogP) is 0.485. The molecule has 2 unspecified atom stereocenters.